The van der Waals surface area contributed by atoms with Gasteiger partial charge < -0.3 is 4.98 Å². The van der Waals surface area contributed by atoms with Crippen LogP contribution in [0.4, 0.5) is 0 Å². The maximum Gasteiger partial charge on any atom is 0.267 e. The molecule has 2 aromatic heterocycles. The van der Waals surface area contributed by atoms with Gasteiger partial charge in [-0.3, -0.25) is 9.36 Å². The van der Waals surface area contributed by atoms with Crippen LogP contribution in [0.2, 0.25) is 0 Å². The Balaban J connectivity index is 2.05. The summed E-state index contributed by atoms with van der Waals surface area (Å²) >= 11 is 7.13. The molecule has 1 N–H and O–H groups in total. The number of hydrogen-bond acceptors (Lipinski definition) is 3. The monoisotopic (exact) mass is 328 g/mol. The van der Waals surface area contributed by atoms with Gasteiger partial charge >= 0.3 is 0 Å². The zero-order valence-electron chi connectivity index (χ0n) is 12.3. The summed E-state index contributed by atoms with van der Waals surface area (Å²) in [7, 11) is 0. The van der Waals surface area contributed by atoms with E-state index in [0.717, 1.165) is 35.2 Å². The Bertz CT molecular complexity index is 966. The molecule has 1 aromatic carbocycles. The van der Waals surface area contributed by atoms with Crippen LogP contribution in [0.15, 0.2) is 35.1 Å². The van der Waals surface area contributed by atoms with Crippen molar-refractivity contribution in [2.24, 2.45) is 5.92 Å². The molecule has 0 fully saturated rings. The molecule has 112 valence electrons. The summed E-state index contributed by atoms with van der Waals surface area (Å²) in [4.78, 5) is 18.6. The van der Waals surface area contributed by atoms with E-state index < -0.39 is 0 Å². The largest absolute Gasteiger partial charge is 0.323 e. The summed E-state index contributed by atoms with van der Waals surface area (Å²) in [5.74, 6) is 0.694. The van der Waals surface area contributed by atoms with Gasteiger partial charge in [-0.2, -0.15) is 0 Å². The summed E-state index contributed by atoms with van der Waals surface area (Å²) in [6.07, 6.45) is 3.21. The van der Waals surface area contributed by atoms with Crippen LogP contribution in [-0.4, -0.2) is 9.55 Å². The van der Waals surface area contributed by atoms with E-state index >= 15 is 0 Å². The van der Waals surface area contributed by atoms with Gasteiger partial charge in [0.2, 0.25) is 0 Å². The Kier molecular flexibility index (Phi) is 3.27. The standard InChI is InChI=1S/C17H16N2OS2/c1-10-7-8-12-13(9-10)22-15-14(12)16(20)19(17(21)18-15)11-5-3-2-4-6-11/h2-6,10H,7-9H2,1H3,(H,18,21)/t10-/m0/s1. The molecule has 1 aliphatic rings. The Hall–Kier alpha value is -1.72. The van der Waals surface area contributed by atoms with Crippen molar-refractivity contribution in [2.45, 2.75) is 26.2 Å². The molecule has 0 radical (unpaired) electrons. The molecule has 0 saturated heterocycles. The highest BCUT2D eigenvalue weighted by Crippen LogP contribution is 2.35. The first kappa shape index (κ1) is 13.9. The molecule has 0 unspecified atom stereocenters. The fraction of sp³-hybridized carbons (Fsp3) is 0.294. The van der Waals surface area contributed by atoms with E-state index in [1.807, 2.05) is 30.3 Å². The molecule has 0 aliphatic heterocycles. The number of H-pyrrole nitrogens is 1. The first-order chi connectivity index (χ1) is 10.6. The smallest absolute Gasteiger partial charge is 0.267 e. The fourth-order valence-corrected chi connectivity index (χ4v) is 4.99. The average molecular weight is 328 g/mol. The summed E-state index contributed by atoms with van der Waals surface area (Å²) in [5.41, 5.74) is 2.07. The van der Waals surface area contributed by atoms with Gasteiger partial charge in [0, 0.05) is 4.88 Å². The number of aryl methyl sites for hydroxylation is 1. The number of aromatic amines is 1. The second-order valence-corrected chi connectivity index (χ2v) is 7.45. The van der Waals surface area contributed by atoms with Crippen LogP contribution in [-0.2, 0) is 12.8 Å². The molecule has 5 heteroatoms. The number of nitrogens with zero attached hydrogens (tertiary/aromatic N) is 1. The molecule has 1 aliphatic carbocycles. The topological polar surface area (TPSA) is 37.8 Å². The lowest BCUT2D eigenvalue weighted by Gasteiger charge is -2.17. The Labute approximate surface area is 137 Å². The van der Waals surface area contributed by atoms with Gasteiger partial charge in [-0.05, 0) is 55.1 Å². The molecule has 0 saturated carbocycles. The minimum Gasteiger partial charge on any atom is -0.323 e. The summed E-state index contributed by atoms with van der Waals surface area (Å²) < 4.78 is 2.08. The Morgan fingerprint density at radius 1 is 1.32 bits per heavy atom. The summed E-state index contributed by atoms with van der Waals surface area (Å²) in [6, 6.07) is 9.61. The maximum absolute atomic E-state index is 13.0. The quantitative estimate of drug-likeness (QED) is 0.679. The third-order valence-corrected chi connectivity index (χ3v) is 5.82. The number of fused-ring (bicyclic) bond motifs is 3. The zero-order chi connectivity index (χ0) is 15.3. The molecule has 22 heavy (non-hydrogen) atoms. The van der Waals surface area contributed by atoms with Crippen molar-refractivity contribution in [2.75, 3.05) is 0 Å². The predicted molar refractivity (Wildman–Crippen MR) is 93.8 cm³/mol. The lowest BCUT2D eigenvalue weighted by molar-refractivity contribution is 0.509. The van der Waals surface area contributed by atoms with Gasteiger partial charge in [-0.1, -0.05) is 25.1 Å². The van der Waals surface area contributed by atoms with Crippen molar-refractivity contribution < 1.29 is 0 Å². The molecule has 0 bridgehead atoms. The number of hydrogen-bond donors (Lipinski definition) is 1. The van der Waals surface area contributed by atoms with Crippen LogP contribution < -0.4 is 5.56 Å². The van der Waals surface area contributed by atoms with E-state index in [-0.39, 0.29) is 5.56 Å². The van der Waals surface area contributed by atoms with E-state index in [1.165, 1.54) is 10.4 Å². The van der Waals surface area contributed by atoms with Gasteiger partial charge in [0.25, 0.3) is 5.56 Å². The SMILES string of the molecule is C[C@H]1CCc2c(sc3[nH]c(=S)n(-c4ccccc4)c(=O)c23)C1. The van der Waals surface area contributed by atoms with Crippen LogP contribution in [0.3, 0.4) is 0 Å². The second-order valence-electron chi connectivity index (χ2n) is 5.96. The van der Waals surface area contributed by atoms with Crippen LogP contribution in [0, 0.1) is 10.7 Å². The van der Waals surface area contributed by atoms with E-state index in [4.69, 9.17) is 12.2 Å². The van der Waals surface area contributed by atoms with Crippen molar-refractivity contribution in [1.29, 1.82) is 0 Å². The van der Waals surface area contributed by atoms with Crippen molar-refractivity contribution in [3.8, 4) is 5.69 Å². The van der Waals surface area contributed by atoms with Crippen molar-refractivity contribution >= 4 is 33.8 Å². The second kappa shape index (κ2) is 5.18. The van der Waals surface area contributed by atoms with Gasteiger partial charge in [0.05, 0.1) is 11.1 Å². The van der Waals surface area contributed by atoms with Crippen LogP contribution >= 0.6 is 23.6 Å². The molecule has 0 amide bonds. The highest BCUT2D eigenvalue weighted by atomic mass is 32.1. The number of thiophene rings is 1. The highest BCUT2D eigenvalue weighted by molar-refractivity contribution is 7.71. The Morgan fingerprint density at radius 3 is 2.86 bits per heavy atom. The van der Waals surface area contributed by atoms with Crippen LogP contribution in [0.1, 0.15) is 23.8 Å². The predicted octanol–water partition coefficient (Wildman–Crippen LogP) is 4.23. The Morgan fingerprint density at radius 2 is 2.09 bits per heavy atom. The number of benzene rings is 1. The van der Waals surface area contributed by atoms with E-state index in [1.54, 1.807) is 15.9 Å². The van der Waals surface area contributed by atoms with Crippen molar-refractivity contribution in [3.63, 3.8) is 0 Å². The molecule has 3 aromatic rings. The number of aromatic nitrogens is 2. The molecule has 0 spiro atoms. The average Bonchev–Trinajstić information content (AvgIpc) is 2.85. The highest BCUT2D eigenvalue weighted by Gasteiger charge is 2.23. The number of nitrogens with one attached hydrogen (secondary N) is 1. The van der Waals surface area contributed by atoms with Crippen molar-refractivity contribution in [3.05, 3.63) is 55.9 Å². The summed E-state index contributed by atoms with van der Waals surface area (Å²) in [5, 5.41) is 0.837. The van der Waals surface area contributed by atoms with Gasteiger partial charge in [0.15, 0.2) is 4.77 Å². The normalized spacial score (nSPS) is 17.6. The van der Waals surface area contributed by atoms with Gasteiger partial charge in [-0.15, -0.1) is 11.3 Å². The van der Waals surface area contributed by atoms with Crippen LogP contribution in [0.25, 0.3) is 15.9 Å². The number of rotatable bonds is 1. The van der Waals surface area contributed by atoms with E-state index in [2.05, 4.69) is 11.9 Å². The minimum atomic E-state index is 0.0111. The number of para-hydroxylation sites is 1. The van der Waals surface area contributed by atoms with Crippen LogP contribution in [0.5, 0.6) is 0 Å². The zero-order valence-corrected chi connectivity index (χ0v) is 13.9. The third kappa shape index (κ3) is 2.08. The fourth-order valence-electron chi connectivity index (χ4n) is 3.23. The lowest BCUT2D eigenvalue weighted by Crippen LogP contribution is -2.21. The minimum absolute atomic E-state index is 0.0111. The molecular formula is C17H16N2OS2. The lowest BCUT2D eigenvalue weighted by atomic mass is 9.89. The molecule has 1 atom stereocenters. The first-order valence-corrected chi connectivity index (χ1v) is 8.72. The van der Waals surface area contributed by atoms with Gasteiger partial charge in [0.1, 0.15) is 4.83 Å². The van der Waals surface area contributed by atoms with E-state index in [9.17, 15) is 4.79 Å². The summed E-state index contributed by atoms with van der Waals surface area (Å²) in [6.45, 7) is 2.28. The molecule has 4 rings (SSSR count). The molecule has 2 heterocycles. The third-order valence-electron chi connectivity index (χ3n) is 4.37. The first-order valence-electron chi connectivity index (χ1n) is 7.50. The van der Waals surface area contributed by atoms with Crippen molar-refractivity contribution in [1.82, 2.24) is 9.55 Å². The van der Waals surface area contributed by atoms with E-state index in [0.29, 0.717) is 10.7 Å². The molecular weight excluding hydrogens is 312 g/mol. The maximum atomic E-state index is 13.0. The molecule has 3 nitrogen and oxygen atoms in total. The van der Waals surface area contributed by atoms with Gasteiger partial charge in [-0.25, -0.2) is 0 Å².